The number of halogens is 1. The predicted octanol–water partition coefficient (Wildman–Crippen LogP) is 3.31. The Morgan fingerprint density at radius 2 is 2.00 bits per heavy atom. The largest absolute Gasteiger partial charge is 0.494 e. The Labute approximate surface area is 121 Å². The van der Waals surface area contributed by atoms with Crippen molar-refractivity contribution in [3.8, 4) is 11.5 Å². The maximum Gasteiger partial charge on any atom is 0.334 e. The zero-order valence-electron chi connectivity index (χ0n) is 11.0. The Kier molecular flexibility index (Phi) is 7.03. The molecule has 19 heavy (non-hydrogen) atoms. The fourth-order valence-electron chi connectivity index (χ4n) is 1.36. The van der Waals surface area contributed by atoms with Crippen molar-refractivity contribution >= 4 is 21.9 Å². The van der Waals surface area contributed by atoms with E-state index in [-0.39, 0.29) is 0 Å². The molecule has 1 rings (SSSR count). The van der Waals surface area contributed by atoms with E-state index < -0.39 is 5.97 Å². The van der Waals surface area contributed by atoms with Crippen molar-refractivity contribution in [3.05, 3.63) is 36.1 Å². The van der Waals surface area contributed by atoms with Crippen LogP contribution in [0.2, 0.25) is 0 Å². The lowest BCUT2D eigenvalue weighted by Crippen LogP contribution is -2.05. The molecular weight excluding hydrogens is 312 g/mol. The molecular formula is C14H17BrO4. The topological polar surface area (TPSA) is 44.8 Å². The summed E-state index contributed by atoms with van der Waals surface area (Å²) in [5.41, 5.74) is 0. The van der Waals surface area contributed by atoms with Crippen LogP contribution in [-0.2, 0) is 9.53 Å². The second kappa shape index (κ2) is 8.58. The zero-order valence-corrected chi connectivity index (χ0v) is 12.6. The highest BCUT2D eigenvalue weighted by Gasteiger charge is 2.05. The van der Waals surface area contributed by atoms with Crippen LogP contribution in [0.15, 0.2) is 36.1 Å². The second-order valence-corrected chi connectivity index (χ2v) is 4.07. The van der Waals surface area contributed by atoms with Gasteiger partial charge in [0.1, 0.15) is 17.3 Å². The molecule has 0 saturated carbocycles. The van der Waals surface area contributed by atoms with Crippen molar-refractivity contribution < 1.29 is 19.0 Å². The first-order chi connectivity index (χ1) is 9.19. The summed E-state index contributed by atoms with van der Waals surface area (Å²) >= 11 is 3.27. The van der Waals surface area contributed by atoms with E-state index in [0.717, 1.165) is 5.75 Å². The molecule has 0 bridgehead atoms. The third-order valence-electron chi connectivity index (χ3n) is 2.06. The summed E-state index contributed by atoms with van der Waals surface area (Å²) in [6, 6.07) is 7.24. The lowest BCUT2D eigenvalue weighted by molar-refractivity contribution is -0.137. The first-order valence-electron chi connectivity index (χ1n) is 6.03. The predicted molar refractivity (Wildman–Crippen MR) is 76.7 cm³/mol. The van der Waals surface area contributed by atoms with Gasteiger partial charge in [0.25, 0.3) is 0 Å². The number of alkyl halides is 1. The standard InChI is InChI=1S/C14H17BrO4/c1-3-17-11-6-5-7-12(8-11)19-13(10-15)9-14(16)18-4-2/h5-9H,3-4,10H2,1-2H3/b13-9-. The van der Waals surface area contributed by atoms with Crippen LogP contribution in [-0.4, -0.2) is 24.5 Å². The number of hydrogen-bond acceptors (Lipinski definition) is 4. The van der Waals surface area contributed by atoms with Gasteiger partial charge in [-0.05, 0) is 26.0 Å². The van der Waals surface area contributed by atoms with Gasteiger partial charge in [0.05, 0.1) is 24.6 Å². The first kappa shape index (κ1) is 15.6. The number of hydrogen-bond donors (Lipinski definition) is 0. The molecule has 0 aromatic heterocycles. The lowest BCUT2D eigenvalue weighted by Gasteiger charge is -2.09. The number of benzene rings is 1. The van der Waals surface area contributed by atoms with Crippen LogP contribution >= 0.6 is 15.9 Å². The van der Waals surface area contributed by atoms with E-state index in [1.165, 1.54) is 6.08 Å². The molecule has 1 aromatic carbocycles. The van der Waals surface area contributed by atoms with Crippen molar-refractivity contribution in [3.63, 3.8) is 0 Å². The summed E-state index contributed by atoms with van der Waals surface area (Å²) in [7, 11) is 0. The fourth-order valence-corrected chi connectivity index (χ4v) is 1.63. The summed E-state index contributed by atoms with van der Waals surface area (Å²) in [6.45, 7) is 4.60. The Morgan fingerprint density at radius 1 is 1.26 bits per heavy atom. The molecule has 0 amide bonds. The molecule has 0 aliphatic heterocycles. The third-order valence-corrected chi connectivity index (χ3v) is 2.62. The molecule has 0 aliphatic carbocycles. The SMILES string of the molecule is CCOC(=O)/C=C(/CBr)Oc1cccc(OCC)c1. The average Bonchev–Trinajstić information content (AvgIpc) is 2.39. The molecule has 0 N–H and O–H groups in total. The Bertz CT molecular complexity index is 443. The van der Waals surface area contributed by atoms with Gasteiger partial charge in [0.2, 0.25) is 0 Å². The molecule has 0 unspecified atom stereocenters. The normalized spacial score (nSPS) is 11.0. The fraction of sp³-hybridized carbons (Fsp3) is 0.357. The quantitative estimate of drug-likeness (QED) is 0.333. The van der Waals surface area contributed by atoms with Crippen LogP contribution < -0.4 is 9.47 Å². The van der Waals surface area contributed by atoms with E-state index in [0.29, 0.717) is 30.1 Å². The van der Waals surface area contributed by atoms with Gasteiger partial charge in [-0.25, -0.2) is 4.79 Å². The van der Waals surface area contributed by atoms with E-state index >= 15 is 0 Å². The van der Waals surface area contributed by atoms with Crippen LogP contribution in [0, 0.1) is 0 Å². The molecule has 0 saturated heterocycles. The highest BCUT2D eigenvalue weighted by atomic mass is 79.9. The van der Waals surface area contributed by atoms with Gasteiger partial charge in [0.15, 0.2) is 0 Å². The minimum absolute atomic E-state index is 0.338. The molecule has 1 aromatic rings. The zero-order chi connectivity index (χ0) is 14.1. The summed E-state index contributed by atoms with van der Waals surface area (Å²) in [6.07, 6.45) is 1.33. The monoisotopic (exact) mass is 328 g/mol. The molecule has 0 heterocycles. The Balaban J connectivity index is 2.75. The Morgan fingerprint density at radius 3 is 2.63 bits per heavy atom. The van der Waals surface area contributed by atoms with Crippen LogP contribution in [0.25, 0.3) is 0 Å². The minimum Gasteiger partial charge on any atom is -0.494 e. The van der Waals surface area contributed by atoms with Crippen LogP contribution in [0.4, 0.5) is 0 Å². The van der Waals surface area contributed by atoms with Crippen molar-refractivity contribution in [1.82, 2.24) is 0 Å². The van der Waals surface area contributed by atoms with Gasteiger partial charge in [-0.3, -0.25) is 0 Å². The third kappa shape index (κ3) is 5.79. The molecule has 104 valence electrons. The molecule has 0 aliphatic rings. The molecule has 0 radical (unpaired) electrons. The maximum absolute atomic E-state index is 11.3. The van der Waals surface area contributed by atoms with E-state index in [9.17, 15) is 4.79 Å². The van der Waals surface area contributed by atoms with E-state index in [1.54, 1.807) is 19.1 Å². The molecule has 0 fully saturated rings. The number of carbonyl (C=O) groups is 1. The smallest absolute Gasteiger partial charge is 0.334 e. The summed E-state index contributed by atoms with van der Waals surface area (Å²) < 4.78 is 15.8. The summed E-state index contributed by atoms with van der Waals surface area (Å²) in [5.74, 6) is 1.40. The van der Waals surface area contributed by atoms with Gasteiger partial charge in [-0.1, -0.05) is 22.0 Å². The van der Waals surface area contributed by atoms with Gasteiger partial charge < -0.3 is 14.2 Å². The summed E-state index contributed by atoms with van der Waals surface area (Å²) in [4.78, 5) is 11.3. The van der Waals surface area contributed by atoms with Crippen molar-refractivity contribution in [2.45, 2.75) is 13.8 Å². The molecule has 0 atom stereocenters. The average molecular weight is 329 g/mol. The van der Waals surface area contributed by atoms with Crippen molar-refractivity contribution in [2.24, 2.45) is 0 Å². The molecule has 0 spiro atoms. The number of rotatable bonds is 7. The highest BCUT2D eigenvalue weighted by Crippen LogP contribution is 2.21. The molecule has 5 heteroatoms. The number of ether oxygens (including phenoxy) is 3. The number of allylic oxidation sites excluding steroid dienone is 1. The van der Waals surface area contributed by atoms with Crippen LogP contribution in [0.1, 0.15) is 13.8 Å². The Hall–Kier alpha value is -1.49. The van der Waals surface area contributed by atoms with Gasteiger partial charge in [-0.2, -0.15) is 0 Å². The van der Waals surface area contributed by atoms with Crippen LogP contribution in [0.5, 0.6) is 11.5 Å². The van der Waals surface area contributed by atoms with E-state index in [4.69, 9.17) is 14.2 Å². The van der Waals surface area contributed by atoms with Crippen molar-refractivity contribution in [2.75, 3.05) is 18.5 Å². The highest BCUT2D eigenvalue weighted by molar-refractivity contribution is 9.09. The van der Waals surface area contributed by atoms with Gasteiger partial charge in [0, 0.05) is 6.07 Å². The first-order valence-corrected chi connectivity index (χ1v) is 7.15. The van der Waals surface area contributed by atoms with Gasteiger partial charge in [-0.15, -0.1) is 0 Å². The second-order valence-electron chi connectivity index (χ2n) is 3.51. The van der Waals surface area contributed by atoms with Crippen molar-refractivity contribution in [1.29, 1.82) is 0 Å². The number of esters is 1. The summed E-state index contributed by atoms with van der Waals surface area (Å²) in [5, 5.41) is 0.421. The minimum atomic E-state index is -0.419. The van der Waals surface area contributed by atoms with Crippen LogP contribution in [0.3, 0.4) is 0 Å². The lowest BCUT2D eigenvalue weighted by atomic mass is 10.3. The number of carbonyl (C=O) groups excluding carboxylic acids is 1. The van der Waals surface area contributed by atoms with E-state index in [1.807, 2.05) is 19.1 Å². The maximum atomic E-state index is 11.3. The van der Waals surface area contributed by atoms with Gasteiger partial charge >= 0.3 is 5.97 Å². The molecule has 4 nitrogen and oxygen atoms in total. The van der Waals surface area contributed by atoms with E-state index in [2.05, 4.69) is 15.9 Å².